The molecular formula is C17H17Cl2N5O2. The Morgan fingerprint density at radius 3 is 2.85 bits per heavy atom. The van der Waals surface area contributed by atoms with E-state index in [1.54, 1.807) is 18.2 Å². The zero-order chi connectivity index (χ0) is 18.7. The van der Waals surface area contributed by atoms with Gasteiger partial charge in [0.15, 0.2) is 0 Å². The van der Waals surface area contributed by atoms with E-state index < -0.39 is 0 Å². The minimum absolute atomic E-state index is 0.101. The van der Waals surface area contributed by atoms with Crippen LogP contribution < -0.4 is 10.2 Å². The summed E-state index contributed by atoms with van der Waals surface area (Å²) in [5.74, 6) is 0.400. The number of halogens is 2. The van der Waals surface area contributed by atoms with E-state index in [1.165, 1.54) is 6.33 Å². The summed E-state index contributed by atoms with van der Waals surface area (Å²) in [5, 5.41) is 8.32. The Labute approximate surface area is 160 Å². The number of aryl methyl sites for hydroxylation is 1. The van der Waals surface area contributed by atoms with E-state index >= 15 is 0 Å². The van der Waals surface area contributed by atoms with Gasteiger partial charge in [0.25, 0.3) is 5.71 Å². The fourth-order valence-electron chi connectivity index (χ4n) is 2.63. The van der Waals surface area contributed by atoms with Crippen molar-refractivity contribution in [3.05, 3.63) is 40.3 Å². The first kappa shape index (κ1) is 18.4. The van der Waals surface area contributed by atoms with Crippen molar-refractivity contribution < 1.29 is 9.32 Å². The number of nitrogens with one attached hydrogen (secondary N) is 1. The molecule has 2 heterocycles. The van der Waals surface area contributed by atoms with Crippen LogP contribution in [-0.2, 0) is 4.79 Å². The summed E-state index contributed by atoms with van der Waals surface area (Å²) in [4.78, 5) is 22.8. The van der Waals surface area contributed by atoms with Crippen LogP contribution in [0.25, 0.3) is 11.1 Å². The van der Waals surface area contributed by atoms with Gasteiger partial charge in [-0.05, 0) is 31.5 Å². The van der Waals surface area contributed by atoms with Crippen LogP contribution in [0.1, 0.15) is 19.0 Å². The fraction of sp³-hybridized carbons (Fsp3) is 0.294. The van der Waals surface area contributed by atoms with Crippen molar-refractivity contribution in [3.8, 4) is 0 Å². The molecule has 3 aromatic rings. The first-order chi connectivity index (χ1) is 12.5. The highest BCUT2D eigenvalue weighted by atomic mass is 35.5. The van der Waals surface area contributed by atoms with Gasteiger partial charge in [-0.2, -0.15) is 4.98 Å². The molecule has 1 aromatic carbocycles. The number of amides is 1. The third kappa shape index (κ3) is 3.89. The molecule has 0 fully saturated rings. The molecule has 2 aromatic heterocycles. The Kier molecular flexibility index (Phi) is 5.58. The average molecular weight is 394 g/mol. The monoisotopic (exact) mass is 393 g/mol. The van der Waals surface area contributed by atoms with Crippen molar-refractivity contribution in [1.82, 2.24) is 15.1 Å². The molecule has 7 nitrogen and oxygen atoms in total. The van der Waals surface area contributed by atoms with Gasteiger partial charge < -0.3 is 14.7 Å². The van der Waals surface area contributed by atoms with E-state index in [0.29, 0.717) is 44.9 Å². The molecule has 1 amide bonds. The third-order valence-electron chi connectivity index (χ3n) is 3.76. The highest BCUT2D eigenvalue weighted by Gasteiger charge is 2.20. The number of fused-ring (bicyclic) bond motifs is 1. The molecule has 136 valence electrons. The Morgan fingerprint density at radius 1 is 1.31 bits per heavy atom. The van der Waals surface area contributed by atoms with Crippen LogP contribution in [0.2, 0.25) is 10.0 Å². The summed E-state index contributed by atoms with van der Waals surface area (Å²) in [6.07, 6.45) is 2.24. The topological polar surface area (TPSA) is 84.2 Å². The molecule has 9 heteroatoms. The van der Waals surface area contributed by atoms with E-state index in [0.717, 1.165) is 6.42 Å². The molecule has 1 N–H and O–H groups in total. The lowest BCUT2D eigenvalue weighted by Crippen LogP contribution is -2.34. The Bertz CT molecular complexity index is 944. The largest absolute Gasteiger partial charge is 0.347 e. The number of hydrogen-bond acceptors (Lipinski definition) is 6. The number of carbonyl (C=O) groups excluding carboxylic acids is 1. The number of benzene rings is 1. The highest BCUT2D eigenvalue weighted by molar-refractivity contribution is 6.36. The van der Waals surface area contributed by atoms with Crippen molar-refractivity contribution in [3.63, 3.8) is 0 Å². The molecule has 0 aliphatic carbocycles. The van der Waals surface area contributed by atoms with Gasteiger partial charge in [-0.3, -0.25) is 4.79 Å². The molecule has 0 aliphatic heterocycles. The quantitative estimate of drug-likeness (QED) is 0.678. The fourth-order valence-corrected chi connectivity index (χ4v) is 3.08. The molecule has 0 spiro atoms. The molecule has 26 heavy (non-hydrogen) atoms. The van der Waals surface area contributed by atoms with Crippen molar-refractivity contribution >= 4 is 51.7 Å². The minimum Gasteiger partial charge on any atom is -0.347 e. The summed E-state index contributed by atoms with van der Waals surface area (Å²) >= 11 is 12.0. The van der Waals surface area contributed by atoms with Crippen molar-refractivity contribution in [2.24, 2.45) is 0 Å². The normalized spacial score (nSPS) is 10.9. The van der Waals surface area contributed by atoms with Crippen LogP contribution in [-0.4, -0.2) is 34.1 Å². The third-order valence-corrected chi connectivity index (χ3v) is 4.30. The van der Waals surface area contributed by atoms with Gasteiger partial charge in [0.1, 0.15) is 17.5 Å². The van der Waals surface area contributed by atoms with Crippen LogP contribution in [0.5, 0.6) is 0 Å². The van der Waals surface area contributed by atoms with Crippen LogP contribution >= 0.6 is 23.2 Å². The lowest BCUT2D eigenvalue weighted by Gasteiger charge is -2.23. The van der Waals surface area contributed by atoms with Crippen molar-refractivity contribution in [2.75, 3.05) is 23.3 Å². The van der Waals surface area contributed by atoms with E-state index in [-0.39, 0.29) is 12.5 Å². The molecule has 0 aliphatic rings. The van der Waals surface area contributed by atoms with E-state index in [9.17, 15) is 4.79 Å². The Morgan fingerprint density at radius 2 is 2.12 bits per heavy atom. The van der Waals surface area contributed by atoms with Crippen molar-refractivity contribution in [2.45, 2.75) is 20.3 Å². The molecule has 0 radical (unpaired) electrons. The molecule has 0 atom stereocenters. The van der Waals surface area contributed by atoms with Gasteiger partial charge >= 0.3 is 0 Å². The summed E-state index contributed by atoms with van der Waals surface area (Å²) in [5.41, 5.74) is 1.58. The number of rotatable bonds is 6. The summed E-state index contributed by atoms with van der Waals surface area (Å²) in [6, 6.07) is 4.91. The maximum absolute atomic E-state index is 12.5. The predicted octanol–water partition coefficient (Wildman–Crippen LogP) is 4.09. The van der Waals surface area contributed by atoms with Gasteiger partial charge in [0.05, 0.1) is 22.9 Å². The second-order valence-corrected chi connectivity index (χ2v) is 6.58. The van der Waals surface area contributed by atoms with Gasteiger partial charge in [0, 0.05) is 11.6 Å². The lowest BCUT2D eigenvalue weighted by atomic mass is 10.2. The van der Waals surface area contributed by atoms with Crippen LogP contribution in [0, 0.1) is 6.92 Å². The van der Waals surface area contributed by atoms with E-state index in [1.807, 2.05) is 18.7 Å². The number of carbonyl (C=O) groups is 1. The average Bonchev–Trinajstić information content (AvgIpc) is 2.98. The number of hydrogen-bond donors (Lipinski definition) is 1. The summed E-state index contributed by atoms with van der Waals surface area (Å²) in [7, 11) is 0. The van der Waals surface area contributed by atoms with Gasteiger partial charge in [0.2, 0.25) is 5.91 Å². The molecule has 3 rings (SSSR count). The predicted molar refractivity (Wildman–Crippen MR) is 102 cm³/mol. The van der Waals surface area contributed by atoms with Crippen LogP contribution in [0.4, 0.5) is 11.5 Å². The van der Waals surface area contributed by atoms with Crippen LogP contribution in [0.3, 0.4) is 0 Å². The lowest BCUT2D eigenvalue weighted by molar-refractivity contribution is -0.115. The molecule has 0 unspecified atom stereocenters. The zero-order valence-corrected chi connectivity index (χ0v) is 15.8. The molecule has 0 saturated heterocycles. The smallest absolute Gasteiger partial charge is 0.263 e. The van der Waals surface area contributed by atoms with Gasteiger partial charge in [-0.25, -0.2) is 4.98 Å². The molecule has 0 bridgehead atoms. The second kappa shape index (κ2) is 7.88. The zero-order valence-electron chi connectivity index (χ0n) is 14.3. The Balaban J connectivity index is 1.84. The van der Waals surface area contributed by atoms with Crippen molar-refractivity contribution in [1.29, 1.82) is 0 Å². The standard InChI is InChI=1S/C17H17Cl2N5O2/c1-3-6-24(16-15-10(2)23-26-17(15)21-9-20-16)8-14(25)22-13-5-4-11(18)7-12(13)19/h4-5,7,9H,3,6,8H2,1-2H3,(H,22,25). The highest BCUT2D eigenvalue weighted by Crippen LogP contribution is 2.27. The SMILES string of the molecule is CCCN(CC(=O)Nc1ccc(Cl)cc1Cl)c1ncnc2onc(C)c12. The minimum atomic E-state index is -0.219. The maximum atomic E-state index is 12.5. The molecular weight excluding hydrogens is 377 g/mol. The number of aromatic nitrogens is 3. The maximum Gasteiger partial charge on any atom is 0.263 e. The first-order valence-corrected chi connectivity index (χ1v) is 8.82. The Hall–Kier alpha value is -2.38. The number of nitrogens with zero attached hydrogens (tertiary/aromatic N) is 4. The van der Waals surface area contributed by atoms with E-state index in [2.05, 4.69) is 20.4 Å². The number of anilines is 2. The summed E-state index contributed by atoms with van der Waals surface area (Å²) < 4.78 is 5.19. The second-order valence-electron chi connectivity index (χ2n) is 5.74. The van der Waals surface area contributed by atoms with Gasteiger partial charge in [-0.1, -0.05) is 35.3 Å². The molecule has 0 saturated carbocycles. The first-order valence-electron chi connectivity index (χ1n) is 8.06. The van der Waals surface area contributed by atoms with E-state index in [4.69, 9.17) is 27.7 Å². The van der Waals surface area contributed by atoms with Crippen LogP contribution in [0.15, 0.2) is 29.0 Å². The summed E-state index contributed by atoms with van der Waals surface area (Å²) in [6.45, 7) is 4.58. The van der Waals surface area contributed by atoms with Gasteiger partial charge in [-0.15, -0.1) is 0 Å².